The van der Waals surface area contributed by atoms with Crippen molar-refractivity contribution in [3.63, 3.8) is 0 Å². The first kappa shape index (κ1) is 14.5. The Morgan fingerprint density at radius 2 is 2.10 bits per heavy atom. The summed E-state index contributed by atoms with van der Waals surface area (Å²) in [6.07, 6.45) is 0.666. The van der Waals surface area contributed by atoms with Crippen LogP contribution < -0.4 is 16.0 Å². The molecule has 1 atom stereocenters. The number of anilines is 1. The minimum absolute atomic E-state index is 0.0303. The van der Waals surface area contributed by atoms with E-state index in [9.17, 15) is 14.4 Å². The van der Waals surface area contributed by atoms with Crippen LogP contribution in [0.5, 0.6) is 0 Å². The lowest BCUT2D eigenvalue weighted by atomic mass is 10.1. The van der Waals surface area contributed by atoms with E-state index < -0.39 is 11.9 Å². The van der Waals surface area contributed by atoms with Gasteiger partial charge in [0.2, 0.25) is 17.7 Å². The van der Waals surface area contributed by atoms with Crippen molar-refractivity contribution >= 4 is 35.0 Å². The molecular weight excluding hydrogens is 282 g/mol. The molecule has 1 fully saturated rings. The van der Waals surface area contributed by atoms with Crippen molar-refractivity contribution in [2.45, 2.75) is 18.9 Å². The van der Waals surface area contributed by atoms with Crippen molar-refractivity contribution in [1.82, 2.24) is 10.6 Å². The second-order valence-electron chi connectivity index (χ2n) is 4.41. The maximum Gasteiger partial charge on any atom is 0.243 e. The number of carbonyl (C=O) groups is 3. The molecule has 1 aliphatic heterocycles. The number of halogens is 1. The van der Waals surface area contributed by atoms with Gasteiger partial charge in [-0.2, -0.15) is 0 Å². The van der Waals surface area contributed by atoms with Gasteiger partial charge >= 0.3 is 0 Å². The van der Waals surface area contributed by atoms with E-state index in [1.807, 2.05) is 0 Å². The van der Waals surface area contributed by atoms with Crippen molar-refractivity contribution in [2.75, 3.05) is 11.9 Å². The second-order valence-corrected chi connectivity index (χ2v) is 4.82. The molecule has 7 heteroatoms. The molecule has 0 saturated carbocycles. The number of nitrogens with one attached hydrogen (secondary N) is 3. The van der Waals surface area contributed by atoms with Crippen LogP contribution in [-0.4, -0.2) is 30.3 Å². The highest BCUT2D eigenvalue weighted by molar-refractivity contribution is 6.33. The third-order valence-corrected chi connectivity index (χ3v) is 3.23. The number of hydrogen-bond acceptors (Lipinski definition) is 4. The fraction of sp³-hybridized carbons (Fsp3) is 0.308. The molecule has 20 heavy (non-hydrogen) atoms. The lowest BCUT2D eigenvalue weighted by Crippen LogP contribution is -2.52. The number of benzene rings is 1. The van der Waals surface area contributed by atoms with Gasteiger partial charge in [-0.05, 0) is 18.6 Å². The largest absolute Gasteiger partial charge is 0.324 e. The summed E-state index contributed by atoms with van der Waals surface area (Å²) in [6.45, 7) is -0.0303. The van der Waals surface area contributed by atoms with Gasteiger partial charge in [0.15, 0.2) is 0 Å². The van der Waals surface area contributed by atoms with Crippen LogP contribution in [0.4, 0.5) is 5.69 Å². The fourth-order valence-corrected chi connectivity index (χ4v) is 2.04. The Bertz CT molecular complexity index is 547. The number of rotatable bonds is 4. The molecule has 0 aromatic heterocycles. The highest BCUT2D eigenvalue weighted by atomic mass is 35.5. The Balaban J connectivity index is 1.82. The maximum atomic E-state index is 11.7. The third kappa shape index (κ3) is 3.79. The van der Waals surface area contributed by atoms with E-state index in [1.165, 1.54) is 0 Å². The number of imide groups is 1. The number of hydrogen-bond donors (Lipinski definition) is 3. The predicted octanol–water partition coefficient (Wildman–Crippen LogP) is 0.673. The third-order valence-electron chi connectivity index (χ3n) is 2.90. The molecular formula is C13H14ClN3O3. The summed E-state index contributed by atoms with van der Waals surface area (Å²) in [4.78, 5) is 34.2. The molecule has 1 aromatic carbocycles. The summed E-state index contributed by atoms with van der Waals surface area (Å²) in [5.74, 6) is -0.983. The van der Waals surface area contributed by atoms with Crippen molar-refractivity contribution in [1.29, 1.82) is 0 Å². The number of carbonyl (C=O) groups excluding carboxylic acids is 3. The topological polar surface area (TPSA) is 87.3 Å². The Morgan fingerprint density at radius 1 is 1.35 bits per heavy atom. The quantitative estimate of drug-likeness (QED) is 0.713. The zero-order valence-electron chi connectivity index (χ0n) is 10.6. The van der Waals surface area contributed by atoms with Crippen LogP contribution >= 0.6 is 11.6 Å². The molecule has 1 unspecified atom stereocenters. The highest BCUT2D eigenvalue weighted by Crippen LogP contribution is 2.20. The second kappa shape index (κ2) is 6.49. The average Bonchev–Trinajstić information content (AvgIpc) is 2.40. The first-order chi connectivity index (χ1) is 9.56. The van der Waals surface area contributed by atoms with Crippen LogP contribution in [0.1, 0.15) is 12.8 Å². The maximum absolute atomic E-state index is 11.7. The fourth-order valence-electron chi connectivity index (χ4n) is 1.86. The van der Waals surface area contributed by atoms with Crippen LogP contribution in [0, 0.1) is 0 Å². The average molecular weight is 296 g/mol. The van der Waals surface area contributed by atoms with Crippen molar-refractivity contribution in [2.24, 2.45) is 0 Å². The summed E-state index contributed by atoms with van der Waals surface area (Å²) < 4.78 is 0. The highest BCUT2D eigenvalue weighted by Gasteiger charge is 2.26. The summed E-state index contributed by atoms with van der Waals surface area (Å²) in [7, 11) is 0. The molecule has 106 valence electrons. The molecule has 3 N–H and O–H groups in total. The predicted molar refractivity (Wildman–Crippen MR) is 74.3 cm³/mol. The van der Waals surface area contributed by atoms with E-state index in [-0.39, 0.29) is 24.8 Å². The summed E-state index contributed by atoms with van der Waals surface area (Å²) in [6, 6.07) is 6.36. The van der Waals surface area contributed by atoms with Gasteiger partial charge in [0.25, 0.3) is 0 Å². The summed E-state index contributed by atoms with van der Waals surface area (Å²) in [5, 5.41) is 8.12. The summed E-state index contributed by atoms with van der Waals surface area (Å²) >= 11 is 5.92. The molecule has 3 amide bonds. The molecule has 1 aliphatic rings. The van der Waals surface area contributed by atoms with Gasteiger partial charge in [-0.15, -0.1) is 0 Å². The van der Waals surface area contributed by atoms with Gasteiger partial charge in [0.1, 0.15) is 0 Å². The molecule has 2 rings (SSSR count). The first-order valence-corrected chi connectivity index (χ1v) is 6.55. The monoisotopic (exact) mass is 295 g/mol. The van der Waals surface area contributed by atoms with Gasteiger partial charge < -0.3 is 5.32 Å². The van der Waals surface area contributed by atoms with E-state index in [0.717, 1.165) is 0 Å². The van der Waals surface area contributed by atoms with E-state index in [1.54, 1.807) is 24.3 Å². The van der Waals surface area contributed by atoms with Crippen molar-refractivity contribution < 1.29 is 14.4 Å². The number of piperidine rings is 1. The minimum Gasteiger partial charge on any atom is -0.324 e. The molecule has 1 aromatic rings. The van der Waals surface area contributed by atoms with Crippen LogP contribution in [-0.2, 0) is 14.4 Å². The van der Waals surface area contributed by atoms with Crippen molar-refractivity contribution in [3.8, 4) is 0 Å². The molecule has 0 spiro atoms. The molecule has 0 aliphatic carbocycles. The lowest BCUT2D eigenvalue weighted by molar-refractivity contribution is -0.134. The van der Waals surface area contributed by atoms with Gasteiger partial charge in [-0.1, -0.05) is 23.7 Å². The van der Waals surface area contributed by atoms with Crippen LogP contribution in [0.3, 0.4) is 0 Å². The van der Waals surface area contributed by atoms with E-state index >= 15 is 0 Å². The molecule has 1 saturated heterocycles. The van der Waals surface area contributed by atoms with Gasteiger partial charge in [-0.3, -0.25) is 25.0 Å². The zero-order valence-corrected chi connectivity index (χ0v) is 11.4. The van der Waals surface area contributed by atoms with E-state index in [4.69, 9.17) is 11.6 Å². The molecule has 6 nitrogen and oxygen atoms in total. The Hall–Kier alpha value is -1.92. The van der Waals surface area contributed by atoms with Crippen LogP contribution in [0.15, 0.2) is 24.3 Å². The Labute approximate surface area is 120 Å². The molecule has 1 heterocycles. The number of amides is 3. The van der Waals surface area contributed by atoms with Crippen molar-refractivity contribution in [3.05, 3.63) is 29.3 Å². The normalized spacial score (nSPS) is 18.6. The minimum atomic E-state index is -0.523. The van der Waals surface area contributed by atoms with Crippen LogP contribution in [0.2, 0.25) is 5.02 Å². The summed E-state index contributed by atoms with van der Waals surface area (Å²) in [5.41, 5.74) is 0.518. The van der Waals surface area contributed by atoms with E-state index in [0.29, 0.717) is 17.1 Å². The molecule has 0 bridgehead atoms. The van der Waals surface area contributed by atoms with Gasteiger partial charge in [0, 0.05) is 6.42 Å². The smallest absolute Gasteiger partial charge is 0.243 e. The van der Waals surface area contributed by atoms with Gasteiger partial charge in [-0.25, -0.2) is 0 Å². The molecule has 0 radical (unpaired) electrons. The zero-order chi connectivity index (χ0) is 14.5. The van der Waals surface area contributed by atoms with Crippen LogP contribution in [0.25, 0.3) is 0 Å². The SMILES string of the molecule is O=C1CCC(NCC(=O)Nc2ccccc2Cl)C(=O)N1. The van der Waals surface area contributed by atoms with Gasteiger partial charge in [0.05, 0.1) is 23.3 Å². The number of para-hydroxylation sites is 1. The Morgan fingerprint density at radius 3 is 2.80 bits per heavy atom. The van der Waals surface area contributed by atoms with E-state index in [2.05, 4.69) is 16.0 Å². The standard InChI is InChI=1S/C13H14ClN3O3/c14-8-3-1-2-4-9(8)16-12(19)7-15-10-5-6-11(18)17-13(10)20/h1-4,10,15H,5-7H2,(H,16,19)(H,17,18,20). The lowest BCUT2D eigenvalue weighted by Gasteiger charge is -2.21. The Kier molecular flexibility index (Phi) is 4.70. The first-order valence-electron chi connectivity index (χ1n) is 6.17.